The van der Waals surface area contributed by atoms with Gasteiger partial charge in [-0.1, -0.05) is 35.3 Å². The minimum atomic E-state index is -0.143. The van der Waals surface area contributed by atoms with Crippen LogP contribution in [0.2, 0.25) is 10.0 Å². The van der Waals surface area contributed by atoms with Crippen LogP contribution < -0.4 is 10.1 Å². The zero-order valence-corrected chi connectivity index (χ0v) is 16.1. The minimum Gasteiger partial charge on any atom is -0.497 e. The molecule has 0 spiro atoms. The molecule has 2 aromatic carbocycles. The number of rotatable bonds is 4. The van der Waals surface area contributed by atoms with Crippen molar-refractivity contribution in [3.05, 3.63) is 58.1 Å². The van der Waals surface area contributed by atoms with Crippen LogP contribution in [0.5, 0.6) is 5.75 Å². The molecule has 26 heavy (non-hydrogen) atoms. The predicted octanol–water partition coefficient (Wildman–Crippen LogP) is 4.35. The number of hydrogen-bond acceptors (Lipinski definition) is 3. The first kappa shape index (κ1) is 18.8. The van der Waals surface area contributed by atoms with Crippen LogP contribution >= 0.6 is 23.2 Å². The number of hydrogen-bond donors (Lipinski definition) is 1. The molecule has 1 N–H and O–H groups in total. The van der Waals surface area contributed by atoms with Crippen molar-refractivity contribution in [2.75, 3.05) is 38.6 Å². The van der Waals surface area contributed by atoms with Crippen LogP contribution in [0, 0.1) is 0 Å². The van der Waals surface area contributed by atoms with Gasteiger partial charge in [-0.05, 0) is 35.9 Å². The van der Waals surface area contributed by atoms with Crippen molar-refractivity contribution in [1.82, 2.24) is 9.80 Å². The molecule has 1 aliphatic rings. The summed E-state index contributed by atoms with van der Waals surface area (Å²) < 4.78 is 5.27. The van der Waals surface area contributed by atoms with Gasteiger partial charge >= 0.3 is 6.03 Å². The number of halogens is 2. The Hall–Kier alpha value is -1.95. The Bertz CT molecular complexity index is 777. The highest BCUT2D eigenvalue weighted by Crippen LogP contribution is 2.25. The van der Waals surface area contributed by atoms with Crippen LogP contribution in [-0.2, 0) is 6.54 Å². The van der Waals surface area contributed by atoms with Crippen molar-refractivity contribution in [2.45, 2.75) is 6.54 Å². The van der Waals surface area contributed by atoms with E-state index in [1.165, 1.54) is 5.56 Å². The van der Waals surface area contributed by atoms with Crippen molar-refractivity contribution in [3.63, 3.8) is 0 Å². The lowest BCUT2D eigenvalue weighted by Crippen LogP contribution is -2.49. The lowest BCUT2D eigenvalue weighted by molar-refractivity contribution is 0.143. The summed E-state index contributed by atoms with van der Waals surface area (Å²) in [7, 11) is 1.67. The van der Waals surface area contributed by atoms with Gasteiger partial charge in [-0.25, -0.2) is 4.79 Å². The van der Waals surface area contributed by atoms with Crippen molar-refractivity contribution < 1.29 is 9.53 Å². The molecule has 1 aliphatic heterocycles. The van der Waals surface area contributed by atoms with E-state index < -0.39 is 0 Å². The molecule has 5 nitrogen and oxygen atoms in total. The maximum atomic E-state index is 12.4. The van der Waals surface area contributed by atoms with Crippen molar-refractivity contribution >= 4 is 34.9 Å². The molecule has 0 radical (unpaired) electrons. The largest absolute Gasteiger partial charge is 0.497 e. The first-order valence-corrected chi connectivity index (χ1v) is 9.17. The quantitative estimate of drug-likeness (QED) is 0.839. The molecule has 7 heteroatoms. The third kappa shape index (κ3) is 4.81. The van der Waals surface area contributed by atoms with Gasteiger partial charge in [-0.3, -0.25) is 4.90 Å². The average Bonchev–Trinajstić information content (AvgIpc) is 2.64. The van der Waals surface area contributed by atoms with E-state index in [2.05, 4.69) is 16.3 Å². The highest BCUT2D eigenvalue weighted by atomic mass is 35.5. The predicted molar refractivity (Wildman–Crippen MR) is 105 cm³/mol. The number of carbonyl (C=O) groups excluding carboxylic acids is 1. The van der Waals surface area contributed by atoms with Gasteiger partial charge in [0.05, 0.1) is 17.8 Å². The summed E-state index contributed by atoms with van der Waals surface area (Å²) >= 11 is 12.0. The third-order valence-corrected chi connectivity index (χ3v) is 4.92. The molecule has 0 unspecified atom stereocenters. The second kappa shape index (κ2) is 8.62. The summed E-state index contributed by atoms with van der Waals surface area (Å²) in [5.74, 6) is 0.861. The fraction of sp³-hybridized carbons (Fsp3) is 0.316. The van der Waals surface area contributed by atoms with Crippen LogP contribution in [0.1, 0.15) is 5.56 Å². The first-order valence-electron chi connectivity index (χ1n) is 8.41. The summed E-state index contributed by atoms with van der Waals surface area (Å²) in [6.07, 6.45) is 0. The van der Waals surface area contributed by atoms with E-state index in [9.17, 15) is 4.79 Å². The first-order chi connectivity index (χ1) is 12.5. The van der Waals surface area contributed by atoms with Gasteiger partial charge in [0, 0.05) is 37.7 Å². The molecule has 0 aromatic heterocycles. The van der Waals surface area contributed by atoms with Gasteiger partial charge in [0.25, 0.3) is 0 Å². The number of amides is 2. The topological polar surface area (TPSA) is 44.8 Å². The van der Waals surface area contributed by atoms with Crippen LogP contribution in [0.3, 0.4) is 0 Å². The number of ether oxygens (including phenoxy) is 1. The number of nitrogens with zero attached hydrogens (tertiary/aromatic N) is 2. The minimum absolute atomic E-state index is 0.143. The van der Waals surface area contributed by atoms with Gasteiger partial charge in [-0.2, -0.15) is 0 Å². The van der Waals surface area contributed by atoms with Crippen molar-refractivity contribution in [3.8, 4) is 5.75 Å². The second-order valence-electron chi connectivity index (χ2n) is 6.17. The standard InChI is InChI=1S/C19H21Cl2N3O2/c1-26-16-4-2-3-14(11-16)13-23-7-9-24(10-8-23)19(25)22-18-6-5-15(20)12-17(18)21/h2-6,11-12H,7-10,13H2,1H3,(H,22,25). The molecular formula is C19H21Cl2N3O2. The molecule has 1 heterocycles. The summed E-state index contributed by atoms with van der Waals surface area (Å²) in [5.41, 5.74) is 1.77. The van der Waals surface area contributed by atoms with Crippen LogP contribution in [0.15, 0.2) is 42.5 Å². The van der Waals surface area contributed by atoms with E-state index in [1.807, 2.05) is 18.2 Å². The zero-order chi connectivity index (χ0) is 18.5. The summed E-state index contributed by atoms with van der Waals surface area (Å²) in [6, 6.07) is 12.9. The molecule has 1 saturated heterocycles. The zero-order valence-electron chi connectivity index (χ0n) is 14.5. The smallest absolute Gasteiger partial charge is 0.321 e. The van der Waals surface area contributed by atoms with Gasteiger partial charge in [0.1, 0.15) is 5.75 Å². The van der Waals surface area contributed by atoms with Gasteiger partial charge in [0.2, 0.25) is 0 Å². The SMILES string of the molecule is COc1cccc(CN2CCN(C(=O)Nc3ccc(Cl)cc3Cl)CC2)c1. The molecule has 3 rings (SSSR count). The Balaban J connectivity index is 1.52. The molecule has 0 aliphatic carbocycles. The van der Waals surface area contributed by atoms with E-state index in [1.54, 1.807) is 30.2 Å². The lowest BCUT2D eigenvalue weighted by atomic mass is 10.2. The number of piperazine rings is 1. The highest BCUT2D eigenvalue weighted by Gasteiger charge is 2.21. The van der Waals surface area contributed by atoms with Gasteiger partial charge in [0.15, 0.2) is 0 Å². The Morgan fingerprint density at radius 2 is 1.88 bits per heavy atom. The molecule has 0 bridgehead atoms. The lowest BCUT2D eigenvalue weighted by Gasteiger charge is -2.34. The molecule has 138 valence electrons. The van der Waals surface area contributed by atoms with Crippen molar-refractivity contribution in [2.24, 2.45) is 0 Å². The number of anilines is 1. The molecule has 1 fully saturated rings. The van der Waals surface area contributed by atoms with E-state index >= 15 is 0 Å². The average molecular weight is 394 g/mol. The van der Waals surface area contributed by atoms with Crippen LogP contribution in [-0.4, -0.2) is 49.1 Å². The maximum absolute atomic E-state index is 12.4. The molecule has 0 atom stereocenters. The maximum Gasteiger partial charge on any atom is 0.321 e. The Morgan fingerprint density at radius 3 is 2.58 bits per heavy atom. The Morgan fingerprint density at radius 1 is 1.12 bits per heavy atom. The molecular weight excluding hydrogens is 373 g/mol. The van der Waals surface area contributed by atoms with E-state index in [-0.39, 0.29) is 6.03 Å². The number of benzene rings is 2. The molecule has 2 aromatic rings. The van der Waals surface area contributed by atoms with Crippen LogP contribution in [0.25, 0.3) is 0 Å². The van der Waals surface area contributed by atoms with Crippen molar-refractivity contribution in [1.29, 1.82) is 0 Å². The fourth-order valence-corrected chi connectivity index (χ4v) is 3.38. The third-order valence-electron chi connectivity index (χ3n) is 4.37. The van der Waals surface area contributed by atoms with Crippen LogP contribution in [0.4, 0.5) is 10.5 Å². The Kier molecular flexibility index (Phi) is 6.25. The number of methoxy groups -OCH3 is 1. The van der Waals surface area contributed by atoms with Gasteiger partial charge in [-0.15, -0.1) is 0 Å². The summed E-state index contributed by atoms with van der Waals surface area (Å²) in [6.45, 7) is 3.82. The molecule has 2 amide bonds. The summed E-state index contributed by atoms with van der Waals surface area (Å²) in [4.78, 5) is 16.6. The normalized spacial score (nSPS) is 15.0. The number of carbonyl (C=O) groups is 1. The fourth-order valence-electron chi connectivity index (χ4n) is 2.92. The van der Waals surface area contributed by atoms with Gasteiger partial charge < -0.3 is 15.0 Å². The number of urea groups is 1. The molecule has 0 saturated carbocycles. The van der Waals surface area contributed by atoms with E-state index in [4.69, 9.17) is 27.9 Å². The number of nitrogens with one attached hydrogen (secondary N) is 1. The Labute approximate surface area is 163 Å². The van der Waals surface area contributed by atoms with E-state index in [0.717, 1.165) is 25.4 Å². The monoisotopic (exact) mass is 393 g/mol. The van der Waals surface area contributed by atoms with E-state index in [0.29, 0.717) is 28.8 Å². The second-order valence-corrected chi connectivity index (χ2v) is 7.01. The highest BCUT2D eigenvalue weighted by molar-refractivity contribution is 6.36. The summed E-state index contributed by atoms with van der Waals surface area (Å²) in [5, 5.41) is 3.82.